The summed E-state index contributed by atoms with van der Waals surface area (Å²) in [6.45, 7) is 6.23. The number of fused-ring (bicyclic) bond motifs is 3. The summed E-state index contributed by atoms with van der Waals surface area (Å²) in [6.07, 6.45) is -0.660. The number of alkyl carbamates (subject to hydrolysis) is 1. The van der Waals surface area contributed by atoms with Crippen LogP contribution in [-0.4, -0.2) is 47.8 Å². The highest BCUT2D eigenvalue weighted by Crippen LogP contribution is 2.44. The minimum Gasteiger partial charge on any atom is -0.448 e. The summed E-state index contributed by atoms with van der Waals surface area (Å²) in [7, 11) is 0. The van der Waals surface area contributed by atoms with E-state index < -0.39 is 23.8 Å². The van der Waals surface area contributed by atoms with Gasteiger partial charge in [-0.2, -0.15) is 0 Å². The zero-order valence-corrected chi connectivity index (χ0v) is 24.2. The summed E-state index contributed by atoms with van der Waals surface area (Å²) in [4.78, 5) is 40.4. The fraction of sp³-hybridized carbons (Fsp3) is 0.344. The van der Waals surface area contributed by atoms with E-state index in [1.807, 2.05) is 36.4 Å². The van der Waals surface area contributed by atoms with Crippen LogP contribution in [0.15, 0.2) is 66.7 Å². The van der Waals surface area contributed by atoms with Crippen molar-refractivity contribution in [2.75, 3.05) is 13.2 Å². The molecule has 8 nitrogen and oxygen atoms in total. The lowest BCUT2D eigenvalue weighted by atomic mass is 9.98. The van der Waals surface area contributed by atoms with Gasteiger partial charge in [-0.3, -0.25) is 4.79 Å². The Bertz CT molecular complexity index is 1420. The SMILES string of the molecule is CC(C)(C)OC(=O)NCc1ccc(Cl)cc1CN(C(=O)OCC1c2ccccc2-c2ccccc21)C(=O)[C@@H]1CCN1. The first-order chi connectivity index (χ1) is 19.6. The molecule has 0 aromatic heterocycles. The summed E-state index contributed by atoms with van der Waals surface area (Å²) in [5, 5.41) is 6.26. The summed E-state index contributed by atoms with van der Waals surface area (Å²) >= 11 is 6.31. The van der Waals surface area contributed by atoms with Crippen molar-refractivity contribution in [3.8, 4) is 11.1 Å². The van der Waals surface area contributed by atoms with E-state index in [1.54, 1.807) is 39.0 Å². The summed E-state index contributed by atoms with van der Waals surface area (Å²) in [5.74, 6) is -0.496. The molecule has 5 rings (SSSR count). The summed E-state index contributed by atoms with van der Waals surface area (Å²) in [6, 6.07) is 20.9. The maximum atomic E-state index is 13.6. The molecule has 3 aromatic carbocycles. The highest BCUT2D eigenvalue weighted by Gasteiger charge is 2.35. The zero-order chi connectivity index (χ0) is 29.1. The fourth-order valence-corrected chi connectivity index (χ4v) is 5.35. The van der Waals surface area contributed by atoms with E-state index in [2.05, 4.69) is 22.8 Å². The van der Waals surface area contributed by atoms with Crippen LogP contribution in [0.2, 0.25) is 5.02 Å². The van der Waals surface area contributed by atoms with Crippen LogP contribution in [0, 0.1) is 0 Å². The third kappa shape index (κ3) is 6.55. The van der Waals surface area contributed by atoms with Crippen molar-refractivity contribution in [2.45, 2.75) is 57.8 Å². The van der Waals surface area contributed by atoms with Crippen LogP contribution < -0.4 is 10.6 Å². The number of amides is 3. The third-order valence-electron chi connectivity index (χ3n) is 7.26. The molecular weight excluding hydrogens is 542 g/mol. The lowest BCUT2D eigenvalue weighted by molar-refractivity contribution is -0.134. The quantitative estimate of drug-likeness (QED) is 0.358. The van der Waals surface area contributed by atoms with Gasteiger partial charge in [0, 0.05) is 17.5 Å². The minimum absolute atomic E-state index is 0.0560. The van der Waals surface area contributed by atoms with Crippen LogP contribution >= 0.6 is 11.6 Å². The number of benzene rings is 3. The third-order valence-corrected chi connectivity index (χ3v) is 7.50. The van der Waals surface area contributed by atoms with Crippen molar-refractivity contribution in [3.63, 3.8) is 0 Å². The average Bonchev–Trinajstić information content (AvgIpc) is 3.21. The molecule has 0 unspecified atom stereocenters. The summed E-state index contributed by atoms with van der Waals surface area (Å²) < 4.78 is 11.2. The van der Waals surface area contributed by atoms with Crippen LogP contribution in [0.1, 0.15) is 55.4 Å². The second-order valence-corrected chi connectivity index (χ2v) is 11.7. The van der Waals surface area contributed by atoms with Gasteiger partial charge < -0.3 is 20.1 Å². The number of ether oxygens (including phenoxy) is 2. The monoisotopic (exact) mass is 575 g/mol. The molecule has 1 atom stereocenters. The van der Waals surface area contributed by atoms with Crippen molar-refractivity contribution in [3.05, 3.63) is 94.0 Å². The Hall–Kier alpha value is -3.88. The van der Waals surface area contributed by atoms with Crippen molar-refractivity contribution < 1.29 is 23.9 Å². The Kier molecular flexibility index (Phi) is 8.33. The molecule has 0 saturated carbocycles. The Balaban J connectivity index is 1.34. The Morgan fingerprint density at radius 3 is 2.20 bits per heavy atom. The van der Waals surface area contributed by atoms with E-state index >= 15 is 0 Å². The minimum atomic E-state index is -0.725. The van der Waals surface area contributed by atoms with Gasteiger partial charge in [-0.05, 0) is 79.3 Å². The van der Waals surface area contributed by atoms with Crippen molar-refractivity contribution >= 4 is 29.7 Å². The van der Waals surface area contributed by atoms with E-state index in [9.17, 15) is 14.4 Å². The average molecular weight is 576 g/mol. The fourth-order valence-electron chi connectivity index (χ4n) is 5.16. The molecule has 1 heterocycles. The first-order valence-electron chi connectivity index (χ1n) is 13.7. The molecule has 2 aliphatic rings. The Morgan fingerprint density at radius 2 is 1.61 bits per heavy atom. The maximum Gasteiger partial charge on any atom is 0.416 e. The molecule has 3 amide bonds. The second-order valence-electron chi connectivity index (χ2n) is 11.3. The van der Waals surface area contributed by atoms with Crippen LogP contribution in [0.3, 0.4) is 0 Å². The number of imide groups is 1. The standard InChI is InChI=1S/C32H34ClN3O5/c1-32(2,3)41-30(38)35-17-20-12-13-22(33)16-21(20)18-36(29(37)28-14-15-34-28)31(39)40-19-27-25-10-6-4-8-23(25)24-9-5-7-11-26(24)27/h4-13,16,27-28,34H,14-15,17-19H2,1-3H3,(H,35,38)/t28-/m0/s1. The van der Waals surface area contributed by atoms with Gasteiger partial charge >= 0.3 is 12.2 Å². The number of carbonyl (C=O) groups excluding carboxylic acids is 3. The predicted octanol–water partition coefficient (Wildman–Crippen LogP) is 6.00. The number of hydrogen-bond acceptors (Lipinski definition) is 6. The van der Waals surface area contributed by atoms with Gasteiger partial charge in [-0.1, -0.05) is 66.2 Å². The molecule has 1 aliphatic heterocycles. The molecule has 0 radical (unpaired) electrons. The van der Waals surface area contributed by atoms with Gasteiger partial charge in [0.15, 0.2) is 0 Å². The number of halogens is 1. The van der Waals surface area contributed by atoms with E-state index in [4.69, 9.17) is 21.1 Å². The maximum absolute atomic E-state index is 13.6. The van der Waals surface area contributed by atoms with Crippen molar-refractivity contribution in [2.24, 2.45) is 0 Å². The molecule has 1 aliphatic carbocycles. The Labute approximate surface area is 245 Å². The highest BCUT2D eigenvalue weighted by molar-refractivity contribution is 6.30. The van der Waals surface area contributed by atoms with E-state index in [-0.39, 0.29) is 31.5 Å². The van der Waals surface area contributed by atoms with Gasteiger partial charge in [0.25, 0.3) is 0 Å². The topological polar surface area (TPSA) is 97.0 Å². The lowest BCUT2D eigenvalue weighted by Gasteiger charge is -2.32. The molecule has 214 valence electrons. The van der Waals surface area contributed by atoms with Gasteiger partial charge in [0.2, 0.25) is 5.91 Å². The molecule has 41 heavy (non-hydrogen) atoms. The van der Waals surface area contributed by atoms with E-state index in [0.29, 0.717) is 29.1 Å². The normalized spacial score (nSPS) is 15.8. The van der Waals surface area contributed by atoms with Gasteiger partial charge in [-0.15, -0.1) is 0 Å². The largest absolute Gasteiger partial charge is 0.448 e. The number of carbonyl (C=O) groups is 3. The van der Waals surface area contributed by atoms with Crippen molar-refractivity contribution in [1.29, 1.82) is 0 Å². The van der Waals surface area contributed by atoms with Crippen LogP contribution in [0.25, 0.3) is 11.1 Å². The van der Waals surface area contributed by atoms with Crippen LogP contribution in [-0.2, 0) is 27.4 Å². The summed E-state index contributed by atoms with van der Waals surface area (Å²) in [5.41, 5.74) is 5.10. The smallest absolute Gasteiger partial charge is 0.416 e. The molecular formula is C32H34ClN3O5. The molecule has 9 heteroatoms. The van der Waals surface area contributed by atoms with E-state index in [0.717, 1.165) is 27.2 Å². The number of hydrogen-bond donors (Lipinski definition) is 2. The molecule has 0 bridgehead atoms. The Morgan fingerprint density at radius 1 is 0.976 bits per heavy atom. The van der Waals surface area contributed by atoms with Crippen LogP contribution in [0.5, 0.6) is 0 Å². The molecule has 2 N–H and O–H groups in total. The lowest BCUT2D eigenvalue weighted by Crippen LogP contribution is -2.55. The van der Waals surface area contributed by atoms with Gasteiger partial charge in [0.1, 0.15) is 12.2 Å². The second kappa shape index (κ2) is 11.9. The van der Waals surface area contributed by atoms with Gasteiger partial charge in [0.05, 0.1) is 12.6 Å². The van der Waals surface area contributed by atoms with Gasteiger partial charge in [-0.25, -0.2) is 14.5 Å². The first-order valence-corrected chi connectivity index (χ1v) is 14.1. The molecule has 1 saturated heterocycles. The number of nitrogens with zero attached hydrogens (tertiary/aromatic N) is 1. The number of rotatable bonds is 7. The van der Waals surface area contributed by atoms with E-state index in [1.165, 1.54) is 0 Å². The zero-order valence-electron chi connectivity index (χ0n) is 23.4. The van der Waals surface area contributed by atoms with Crippen molar-refractivity contribution in [1.82, 2.24) is 15.5 Å². The predicted molar refractivity (Wildman–Crippen MR) is 157 cm³/mol. The van der Waals surface area contributed by atoms with Crippen LogP contribution in [0.4, 0.5) is 9.59 Å². The molecule has 3 aromatic rings. The molecule has 1 fully saturated rings. The number of nitrogens with one attached hydrogen (secondary N) is 2. The first kappa shape index (κ1) is 28.6. The highest BCUT2D eigenvalue weighted by atomic mass is 35.5. The molecule has 0 spiro atoms.